The molecular formula is C14H14ClNO2. The van der Waals surface area contributed by atoms with Crippen molar-refractivity contribution in [3.8, 4) is 5.75 Å². The first-order chi connectivity index (χ1) is 8.70. The third-order valence-corrected chi connectivity index (χ3v) is 2.96. The number of nitrogens with two attached hydrogens (primary N) is 1. The first kappa shape index (κ1) is 12.7. The van der Waals surface area contributed by atoms with Crippen LogP contribution in [-0.4, -0.2) is 5.11 Å². The lowest BCUT2D eigenvalue weighted by atomic mass is 10.2. The van der Waals surface area contributed by atoms with Gasteiger partial charge in [0, 0.05) is 21.8 Å². The lowest BCUT2D eigenvalue weighted by Gasteiger charge is -2.11. The van der Waals surface area contributed by atoms with Crippen molar-refractivity contribution in [3.63, 3.8) is 0 Å². The van der Waals surface area contributed by atoms with E-state index in [0.717, 1.165) is 11.1 Å². The number of rotatable bonds is 4. The van der Waals surface area contributed by atoms with Gasteiger partial charge in [0.1, 0.15) is 12.4 Å². The van der Waals surface area contributed by atoms with Crippen LogP contribution in [0.2, 0.25) is 5.02 Å². The second-order valence-corrected chi connectivity index (χ2v) is 4.31. The Morgan fingerprint density at radius 3 is 2.67 bits per heavy atom. The molecule has 0 saturated heterocycles. The largest absolute Gasteiger partial charge is 0.488 e. The average Bonchev–Trinajstić information content (AvgIpc) is 2.40. The van der Waals surface area contributed by atoms with Gasteiger partial charge in [0.05, 0.1) is 6.61 Å². The Hall–Kier alpha value is -1.71. The van der Waals surface area contributed by atoms with Gasteiger partial charge in [0.15, 0.2) is 0 Å². The minimum Gasteiger partial charge on any atom is -0.488 e. The number of benzene rings is 2. The Labute approximate surface area is 111 Å². The van der Waals surface area contributed by atoms with E-state index in [1.165, 1.54) is 0 Å². The fourth-order valence-corrected chi connectivity index (χ4v) is 1.81. The second kappa shape index (κ2) is 5.76. The molecule has 2 aromatic rings. The second-order valence-electron chi connectivity index (χ2n) is 3.91. The van der Waals surface area contributed by atoms with Gasteiger partial charge in [-0.2, -0.15) is 0 Å². The molecular weight excluding hydrogens is 250 g/mol. The van der Waals surface area contributed by atoms with E-state index in [1.807, 2.05) is 24.3 Å². The lowest BCUT2D eigenvalue weighted by Crippen LogP contribution is -2.00. The van der Waals surface area contributed by atoms with Crippen molar-refractivity contribution >= 4 is 17.3 Å². The van der Waals surface area contributed by atoms with Crippen LogP contribution in [-0.2, 0) is 13.2 Å². The van der Waals surface area contributed by atoms with Gasteiger partial charge in [-0.25, -0.2) is 0 Å². The summed E-state index contributed by atoms with van der Waals surface area (Å²) in [5, 5.41) is 9.80. The normalized spacial score (nSPS) is 10.3. The first-order valence-electron chi connectivity index (χ1n) is 5.56. The third kappa shape index (κ3) is 2.94. The van der Waals surface area contributed by atoms with Crippen LogP contribution in [0, 0.1) is 0 Å². The maximum atomic E-state index is 9.19. The minimum absolute atomic E-state index is 0.0547. The number of anilines is 1. The highest BCUT2D eigenvalue weighted by molar-refractivity contribution is 6.31. The number of nitrogen functional groups attached to an aromatic ring is 1. The lowest BCUT2D eigenvalue weighted by molar-refractivity contribution is 0.259. The fourth-order valence-electron chi connectivity index (χ4n) is 1.64. The molecule has 0 bridgehead atoms. The van der Waals surface area contributed by atoms with Crippen LogP contribution in [0.15, 0.2) is 42.5 Å². The van der Waals surface area contributed by atoms with Gasteiger partial charge in [-0.3, -0.25) is 0 Å². The van der Waals surface area contributed by atoms with E-state index in [2.05, 4.69) is 0 Å². The van der Waals surface area contributed by atoms with Crippen LogP contribution < -0.4 is 10.5 Å². The summed E-state index contributed by atoms with van der Waals surface area (Å²) in [6.45, 7) is 0.266. The molecule has 3 N–H and O–H groups in total. The van der Waals surface area contributed by atoms with Crippen LogP contribution in [0.25, 0.3) is 0 Å². The fraction of sp³-hybridized carbons (Fsp3) is 0.143. The molecule has 0 unspecified atom stereocenters. The summed E-state index contributed by atoms with van der Waals surface area (Å²) in [4.78, 5) is 0. The van der Waals surface area contributed by atoms with Crippen molar-refractivity contribution in [1.29, 1.82) is 0 Å². The topological polar surface area (TPSA) is 55.5 Å². The molecule has 94 valence electrons. The van der Waals surface area contributed by atoms with Gasteiger partial charge in [0.25, 0.3) is 0 Å². The molecule has 0 aromatic heterocycles. The first-order valence-corrected chi connectivity index (χ1v) is 5.94. The Kier molecular flexibility index (Phi) is 4.07. The van der Waals surface area contributed by atoms with Gasteiger partial charge in [-0.05, 0) is 24.3 Å². The molecule has 0 aliphatic carbocycles. The number of ether oxygens (including phenoxy) is 1. The van der Waals surface area contributed by atoms with Gasteiger partial charge in [-0.1, -0.05) is 29.8 Å². The SMILES string of the molecule is Nc1ccc(Cl)c(COc2ccccc2CO)c1. The Morgan fingerprint density at radius 2 is 1.89 bits per heavy atom. The van der Waals surface area contributed by atoms with Gasteiger partial charge < -0.3 is 15.6 Å². The zero-order valence-electron chi connectivity index (χ0n) is 9.77. The molecule has 4 heteroatoms. The van der Waals surface area contributed by atoms with Crippen LogP contribution in [0.3, 0.4) is 0 Å². The molecule has 3 nitrogen and oxygen atoms in total. The summed E-state index contributed by atoms with van der Waals surface area (Å²) >= 11 is 6.05. The Balaban J connectivity index is 2.14. The molecule has 0 radical (unpaired) electrons. The van der Waals surface area contributed by atoms with E-state index in [4.69, 9.17) is 22.1 Å². The number of halogens is 1. The summed E-state index contributed by atoms with van der Waals surface area (Å²) in [6, 6.07) is 12.6. The number of hydrogen-bond acceptors (Lipinski definition) is 3. The highest BCUT2D eigenvalue weighted by Gasteiger charge is 2.05. The average molecular weight is 264 g/mol. The molecule has 18 heavy (non-hydrogen) atoms. The Morgan fingerprint density at radius 1 is 1.11 bits per heavy atom. The summed E-state index contributed by atoms with van der Waals surface area (Å²) < 4.78 is 5.65. The highest BCUT2D eigenvalue weighted by atomic mass is 35.5. The van der Waals surface area contributed by atoms with E-state index in [1.54, 1.807) is 18.2 Å². The van der Waals surface area contributed by atoms with Crippen molar-refractivity contribution < 1.29 is 9.84 Å². The van der Waals surface area contributed by atoms with E-state index >= 15 is 0 Å². The van der Waals surface area contributed by atoms with Crippen molar-refractivity contribution in [2.24, 2.45) is 0 Å². The molecule has 2 rings (SSSR count). The zero-order valence-corrected chi connectivity index (χ0v) is 10.5. The zero-order chi connectivity index (χ0) is 13.0. The van der Waals surface area contributed by atoms with Gasteiger partial charge >= 0.3 is 0 Å². The minimum atomic E-state index is -0.0547. The molecule has 2 aromatic carbocycles. The summed E-state index contributed by atoms with van der Waals surface area (Å²) in [5.74, 6) is 0.651. The number of para-hydroxylation sites is 1. The molecule has 0 spiro atoms. The molecule has 0 heterocycles. The molecule has 0 amide bonds. The maximum absolute atomic E-state index is 9.19. The summed E-state index contributed by atoms with van der Waals surface area (Å²) in [5.41, 5.74) is 7.92. The molecule has 0 aliphatic heterocycles. The van der Waals surface area contributed by atoms with Crippen LogP contribution >= 0.6 is 11.6 Å². The number of hydrogen-bond donors (Lipinski definition) is 2. The standard InChI is InChI=1S/C14H14ClNO2/c15-13-6-5-12(16)7-11(13)9-18-14-4-2-1-3-10(14)8-17/h1-7,17H,8-9,16H2. The van der Waals surface area contributed by atoms with Gasteiger partial charge in [-0.15, -0.1) is 0 Å². The van der Waals surface area contributed by atoms with Crippen molar-refractivity contribution in [1.82, 2.24) is 0 Å². The summed E-state index contributed by atoms with van der Waals surface area (Å²) in [6.07, 6.45) is 0. The van der Waals surface area contributed by atoms with E-state index < -0.39 is 0 Å². The third-order valence-electron chi connectivity index (χ3n) is 2.60. The van der Waals surface area contributed by atoms with E-state index in [0.29, 0.717) is 23.1 Å². The maximum Gasteiger partial charge on any atom is 0.125 e. The Bertz CT molecular complexity index is 543. The monoisotopic (exact) mass is 263 g/mol. The predicted molar refractivity (Wildman–Crippen MR) is 72.6 cm³/mol. The quantitative estimate of drug-likeness (QED) is 0.834. The van der Waals surface area contributed by atoms with Crippen molar-refractivity contribution in [2.45, 2.75) is 13.2 Å². The smallest absolute Gasteiger partial charge is 0.125 e. The van der Waals surface area contributed by atoms with Crippen LogP contribution in [0.4, 0.5) is 5.69 Å². The van der Waals surface area contributed by atoms with E-state index in [-0.39, 0.29) is 6.61 Å². The molecule has 0 fully saturated rings. The van der Waals surface area contributed by atoms with Crippen LogP contribution in [0.1, 0.15) is 11.1 Å². The van der Waals surface area contributed by atoms with Crippen LogP contribution in [0.5, 0.6) is 5.75 Å². The predicted octanol–water partition coefficient (Wildman–Crippen LogP) is 2.99. The molecule has 0 aliphatic rings. The van der Waals surface area contributed by atoms with Crippen molar-refractivity contribution in [2.75, 3.05) is 5.73 Å². The molecule has 0 saturated carbocycles. The van der Waals surface area contributed by atoms with Crippen molar-refractivity contribution in [3.05, 3.63) is 58.6 Å². The van der Waals surface area contributed by atoms with E-state index in [9.17, 15) is 5.11 Å². The number of aliphatic hydroxyl groups is 1. The highest BCUT2D eigenvalue weighted by Crippen LogP contribution is 2.23. The molecule has 0 atom stereocenters. The summed E-state index contributed by atoms with van der Waals surface area (Å²) in [7, 11) is 0. The number of aliphatic hydroxyl groups excluding tert-OH is 1. The van der Waals surface area contributed by atoms with Gasteiger partial charge in [0.2, 0.25) is 0 Å².